The van der Waals surface area contributed by atoms with Crippen molar-refractivity contribution in [2.45, 2.75) is 32.5 Å². The van der Waals surface area contributed by atoms with E-state index in [0.29, 0.717) is 32.2 Å². The maximum atomic E-state index is 12.9. The van der Waals surface area contributed by atoms with E-state index in [1.807, 2.05) is 18.7 Å². The molecule has 0 spiro atoms. The number of amides is 1. The predicted octanol–water partition coefficient (Wildman–Crippen LogP) is 2.79. The number of nitriles is 1. The van der Waals surface area contributed by atoms with Crippen LogP contribution in [0.25, 0.3) is 0 Å². The van der Waals surface area contributed by atoms with E-state index in [-0.39, 0.29) is 24.1 Å². The number of alkyl halides is 3. The lowest BCUT2D eigenvalue weighted by Crippen LogP contribution is -2.54. The molecule has 11 heteroatoms. The zero-order valence-electron chi connectivity index (χ0n) is 17.0. The maximum Gasteiger partial charge on any atom is 0.416 e. The molecule has 30 heavy (non-hydrogen) atoms. The maximum absolute atomic E-state index is 12.9. The largest absolute Gasteiger partial charge is 0.416 e. The number of benzene rings is 1. The van der Waals surface area contributed by atoms with Gasteiger partial charge in [0, 0.05) is 32.2 Å². The minimum absolute atomic E-state index is 0.0624. The molecule has 0 bridgehead atoms. The lowest BCUT2D eigenvalue weighted by atomic mass is 9.90. The van der Waals surface area contributed by atoms with Crippen LogP contribution in [0, 0.1) is 27.4 Å². The fraction of sp³-hybridized carbons (Fsp3) is 0.579. The molecule has 1 saturated heterocycles. The molecule has 164 valence electrons. The van der Waals surface area contributed by atoms with Crippen LogP contribution in [-0.4, -0.2) is 54.0 Å². The van der Waals surface area contributed by atoms with Crippen LogP contribution in [0.1, 0.15) is 26.3 Å². The van der Waals surface area contributed by atoms with Gasteiger partial charge in [0.25, 0.3) is 5.69 Å². The number of nitrogens with one attached hydrogen (secondary N) is 1. The van der Waals surface area contributed by atoms with Gasteiger partial charge in [-0.05, 0) is 25.0 Å². The molecule has 1 unspecified atom stereocenters. The molecule has 0 saturated carbocycles. The minimum Gasteiger partial charge on any atom is -0.363 e. The molecule has 1 N–H and O–H groups in total. The van der Waals surface area contributed by atoms with Crippen molar-refractivity contribution in [3.8, 4) is 6.07 Å². The zero-order chi connectivity index (χ0) is 22.7. The lowest BCUT2D eigenvalue weighted by Gasteiger charge is -2.36. The fourth-order valence-corrected chi connectivity index (χ4v) is 3.09. The van der Waals surface area contributed by atoms with Gasteiger partial charge in [-0.25, -0.2) is 0 Å². The normalized spacial score (nSPS) is 17.3. The summed E-state index contributed by atoms with van der Waals surface area (Å²) < 4.78 is 38.6. The van der Waals surface area contributed by atoms with Crippen molar-refractivity contribution >= 4 is 17.3 Å². The lowest BCUT2D eigenvalue weighted by molar-refractivity contribution is -0.384. The number of rotatable bonds is 6. The van der Waals surface area contributed by atoms with Crippen LogP contribution in [0.4, 0.5) is 24.5 Å². The summed E-state index contributed by atoms with van der Waals surface area (Å²) in [6.45, 7) is 6.81. The highest BCUT2D eigenvalue weighted by Gasteiger charge is 2.35. The van der Waals surface area contributed by atoms with Crippen molar-refractivity contribution in [1.29, 1.82) is 5.26 Å². The van der Waals surface area contributed by atoms with E-state index in [4.69, 9.17) is 0 Å². The van der Waals surface area contributed by atoms with Crippen LogP contribution < -0.4 is 10.2 Å². The molecular formula is C19H24F3N5O3. The molecule has 0 radical (unpaired) electrons. The van der Waals surface area contributed by atoms with Crippen molar-refractivity contribution < 1.29 is 22.9 Å². The zero-order valence-corrected chi connectivity index (χ0v) is 17.0. The Bertz CT molecular complexity index is 845. The Morgan fingerprint density at radius 2 is 1.90 bits per heavy atom. The molecule has 1 aliphatic heterocycles. The second kappa shape index (κ2) is 8.87. The van der Waals surface area contributed by atoms with Gasteiger partial charge in [-0.15, -0.1) is 0 Å². The van der Waals surface area contributed by atoms with E-state index in [2.05, 4.69) is 11.4 Å². The molecule has 0 aromatic heterocycles. The van der Waals surface area contributed by atoms with E-state index >= 15 is 0 Å². The van der Waals surface area contributed by atoms with Gasteiger partial charge >= 0.3 is 6.18 Å². The van der Waals surface area contributed by atoms with E-state index in [1.165, 1.54) is 0 Å². The number of piperazine rings is 1. The Labute approximate surface area is 172 Å². The van der Waals surface area contributed by atoms with Gasteiger partial charge in [-0.2, -0.15) is 18.4 Å². The van der Waals surface area contributed by atoms with Gasteiger partial charge in [0.15, 0.2) is 0 Å². The van der Waals surface area contributed by atoms with Crippen molar-refractivity contribution in [1.82, 2.24) is 10.2 Å². The number of nitro groups is 1. The number of hydrogen-bond acceptors (Lipinski definition) is 6. The van der Waals surface area contributed by atoms with Crippen molar-refractivity contribution in [3.05, 3.63) is 33.9 Å². The van der Waals surface area contributed by atoms with Crippen molar-refractivity contribution in [3.63, 3.8) is 0 Å². The van der Waals surface area contributed by atoms with Crippen LogP contribution in [0.5, 0.6) is 0 Å². The van der Waals surface area contributed by atoms with Gasteiger partial charge in [-0.3, -0.25) is 19.8 Å². The average Bonchev–Trinajstić information content (AvgIpc) is 2.67. The Morgan fingerprint density at radius 3 is 2.37 bits per heavy atom. The molecule has 1 aromatic carbocycles. The van der Waals surface area contributed by atoms with Gasteiger partial charge in [0.1, 0.15) is 11.2 Å². The highest BCUT2D eigenvalue weighted by Crippen LogP contribution is 2.36. The Morgan fingerprint density at radius 1 is 1.30 bits per heavy atom. The molecule has 1 aromatic rings. The fourth-order valence-electron chi connectivity index (χ4n) is 3.09. The topological polar surface area (TPSA) is 103 Å². The van der Waals surface area contributed by atoms with Crippen molar-refractivity contribution in [2.24, 2.45) is 5.92 Å². The molecule has 1 fully saturated rings. The second-order valence-corrected chi connectivity index (χ2v) is 7.74. The van der Waals surface area contributed by atoms with Crippen molar-refractivity contribution in [2.75, 3.05) is 37.6 Å². The van der Waals surface area contributed by atoms with E-state index in [1.54, 1.807) is 11.8 Å². The van der Waals surface area contributed by atoms with Crippen LogP contribution >= 0.6 is 0 Å². The summed E-state index contributed by atoms with van der Waals surface area (Å²) in [7, 11) is 0. The number of anilines is 1. The smallest absolute Gasteiger partial charge is 0.363 e. The number of hydrogen-bond donors (Lipinski definition) is 1. The summed E-state index contributed by atoms with van der Waals surface area (Å²) in [5, 5.41) is 23.3. The summed E-state index contributed by atoms with van der Waals surface area (Å²) in [4.78, 5) is 26.2. The Balaban J connectivity index is 2.03. The average molecular weight is 427 g/mol. The first-order valence-electron chi connectivity index (χ1n) is 9.42. The first kappa shape index (κ1) is 23.4. The van der Waals surface area contributed by atoms with Gasteiger partial charge in [-0.1, -0.05) is 13.8 Å². The highest BCUT2D eigenvalue weighted by atomic mass is 19.4. The van der Waals surface area contributed by atoms with Crippen LogP contribution in [0.3, 0.4) is 0 Å². The number of nitrogens with zero attached hydrogens (tertiary/aromatic N) is 4. The van der Waals surface area contributed by atoms with Crippen LogP contribution in [0.15, 0.2) is 18.2 Å². The number of carbonyl (C=O) groups is 1. The molecule has 1 atom stereocenters. The SMILES string of the molecule is CC(C)C(C)(C#N)NC(=O)CN1CCN(c2ccc(C(F)(F)F)cc2[N+](=O)[O-])CC1. The number of nitro benzene ring substituents is 1. The standard InChI is InChI=1S/C19H24F3N5O3/c1-13(2)18(3,12-23)24-17(28)11-25-6-8-26(9-7-25)15-5-4-14(19(20,21)22)10-16(15)27(29)30/h4-5,10,13H,6-9,11H2,1-3H3,(H,24,28). The Kier molecular flexibility index (Phi) is 6.92. The summed E-state index contributed by atoms with van der Waals surface area (Å²) in [5.41, 5.74) is -2.54. The first-order chi connectivity index (χ1) is 13.9. The minimum atomic E-state index is -4.66. The molecule has 8 nitrogen and oxygen atoms in total. The van der Waals surface area contributed by atoms with E-state index in [0.717, 1.165) is 12.1 Å². The summed E-state index contributed by atoms with van der Waals surface area (Å²) in [5.74, 6) is -0.384. The van der Waals surface area contributed by atoms with Gasteiger partial charge in [0.2, 0.25) is 5.91 Å². The molecule has 1 aliphatic rings. The number of halogens is 3. The summed E-state index contributed by atoms with van der Waals surface area (Å²) in [6, 6.07) is 4.59. The molecule has 2 rings (SSSR count). The van der Waals surface area contributed by atoms with Crippen LogP contribution in [-0.2, 0) is 11.0 Å². The Hall–Kier alpha value is -2.87. The van der Waals surface area contributed by atoms with E-state index in [9.17, 15) is 33.3 Å². The quantitative estimate of drug-likeness (QED) is 0.553. The third-order valence-electron chi connectivity index (χ3n) is 5.37. The van der Waals surface area contributed by atoms with E-state index < -0.39 is 27.9 Å². The van der Waals surface area contributed by atoms with Gasteiger partial charge in [0.05, 0.1) is 23.1 Å². The third kappa shape index (κ3) is 5.38. The molecular weight excluding hydrogens is 403 g/mol. The molecule has 0 aliphatic carbocycles. The first-order valence-corrected chi connectivity index (χ1v) is 9.42. The highest BCUT2D eigenvalue weighted by molar-refractivity contribution is 5.79. The summed E-state index contributed by atoms with van der Waals surface area (Å²) in [6.07, 6.45) is -4.66. The van der Waals surface area contributed by atoms with Crippen LogP contribution in [0.2, 0.25) is 0 Å². The molecule has 1 amide bonds. The summed E-state index contributed by atoms with van der Waals surface area (Å²) >= 11 is 0. The number of carbonyl (C=O) groups excluding carboxylic acids is 1. The molecule has 1 heterocycles. The predicted molar refractivity (Wildman–Crippen MR) is 104 cm³/mol. The third-order valence-corrected chi connectivity index (χ3v) is 5.37. The second-order valence-electron chi connectivity index (χ2n) is 7.74. The monoisotopic (exact) mass is 427 g/mol. The van der Waals surface area contributed by atoms with Gasteiger partial charge < -0.3 is 10.2 Å².